The molecule has 1 fully saturated rings. The fraction of sp³-hybridized carbons (Fsp3) is 0.579. The van der Waals surface area contributed by atoms with E-state index in [1.807, 2.05) is 22.9 Å². The van der Waals surface area contributed by atoms with Gasteiger partial charge in [0.25, 0.3) is 0 Å². The van der Waals surface area contributed by atoms with Gasteiger partial charge in [0.2, 0.25) is 5.91 Å². The third-order valence-electron chi connectivity index (χ3n) is 4.52. The van der Waals surface area contributed by atoms with Crippen LogP contribution in [0.5, 0.6) is 0 Å². The molecule has 1 saturated heterocycles. The molecule has 0 bridgehead atoms. The van der Waals surface area contributed by atoms with E-state index in [0.29, 0.717) is 6.54 Å². The lowest BCUT2D eigenvalue weighted by molar-refractivity contribution is -0.130. The summed E-state index contributed by atoms with van der Waals surface area (Å²) < 4.78 is 13.3. The van der Waals surface area contributed by atoms with Gasteiger partial charge in [-0.3, -0.25) is 9.79 Å². The summed E-state index contributed by atoms with van der Waals surface area (Å²) in [6, 6.07) is 6.63. The third-order valence-corrected chi connectivity index (χ3v) is 4.52. The van der Waals surface area contributed by atoms with E-state index in [0.717, 1.165) is 57.3 Å². The van der Waals surface area contributed by atoms with Crippen LogP contribution in [0.3, 0.4) is 0 Å². The molecule has 0 spiro atoms. The lowest BCUT2D eigenvalue weighted by atomic mass is 10.2. The summed E-state index contributed by atoms with van der Waals surface area (Å²) in [5.41, 5.74) is 0.876. The smallest absolute Gasteiger partial charge is 0.219 e. The Morgan fingerprint density at radius 2 is 1.96 bits per heavy atom. The molecule has 144 valence electrons. The van der Waals surface area contributed by atoms with Crippen molar-refractivity contribution in [2.24, 2.45) is 4.99 Å². The summed E-state index contributed by atoms with van der Waals surface area (Å²) in [6.07, 6.45) is 0.884. The molecular weight excluding hydrogens is 333 g/mol. The fourth-order valence-corrected chi connectivity index (χ4v) is 2.99. The zero-order valence-electron chi connectivity index (χ0n) is 16.0. The van der Waals surface area contributed by atoms with Crippen LogP contribution in [0.15, 0.2) is 29.3 Å². The molecule has 0 radical (unpaired) electrons. The van der Waals surface area contributed by atoms with Crippen LogP contribution >= 0.6 is 0 Å². The number of aliphatic imine (C=N–C) groups is 1. The zero-order valence-corrected chi connectivity index (χ0v) is 16.0. The highest BCUT2D eigenvalue weighted by Crippen LogP contribution is 2.14. The van der Waals surface area contributed by atoms with E-state index in [1.54, 1.807) is 19.1 Å². The molecule has 0 saturated carbocycles. The molecule has 0 aromatic heterocycles. The van der Waals surface area contributed by atoms with Crippen molar-refractivity contribution >= 4 is 17.6 Å². The van der Waals surface area contributed by atoms with E-state index in [4.69, 9.17) is 4.99 Å². The van der Waals surface area contributed by atoms with Crippen molar-refractivity contribution in [3.8, 4) is 0 Å². The maximum atomic E-state index is 13.3. The number of carbonyl (C=O) groups is 1. The van der Waals surface area contributed by atoms with Gasteiger partial charge in [-0.25, -0.2) is 4.39 Å². The first-order valence-electron chi connectivity index (χ1n) is 9.26. The topological polar surface area (TPSA) is 51.2 Å². The number of anilines is 1. The summed E-state index contributed by atoms with van der Waals surface area (Å²) in [7, 11) is 1.96. The van der Waals surface area contributed by atoms with E-state index in [1.165, 1.54) is 6.07 Å². The Morgan fingerprint density at radius 1 is 1.27 bits per heavy atom. The zero-order chi connectivity index (χ0) is 18.9. The van der Waals surface area contributed by atoms with Crippen LogP contribution in [0.2, 0.25) is 0 Å². The predicted octanol–water partition coefficient (Wildman–Crippen LogP) is 1.78. The molecule has 1 amide bonds. The van der Waals surface area contributed by atoms with Crippen LogP contribution in [0.25, 0.3) is 0 Å². The number of halogens is 1. The molecule has 1 heterocycles. The van der Waals surface area contributed by atoms with Crippen molar-refractivity contribution in [1.82, 2.24) is 15.1 Å². The standard InChI is InChI=1S/C19H30FN5O/c1-4-21-19(25-13-11-24(12-14-25)16(2)26)22-9-6-10-23(3)18-8-5-7-17(20)15-18/h5,7-8,15H,4,6,9-14H2,1-3H3,(H,21,22). The Kier molecular flexibility index (Phi) is 7.69. The van der Waals surface area contributed by atoms with Crippen molar-refractivity contribution in [3.63, 3.8) is 0 Å². The van der Waals surface area contributed by atoms with Gasteiger partial charge in [-0.1, -0.05) is 6.07 Å². The summed E-state index contributed by atoms with van der Waals surface area (Å²) >= 11 is 0. The summed E-state index contributed by atoms with van der Waals surface area (Å²) in [4.78, 5) is 22.3. The SMILES string of the molecule is CCNC(=NCCCN(C)c1cccc(F)c1)N1CCN(C(C)=O)CC1. The monoisotopic (exact) mass is 363 g/mol. The first-order valence-corrected chi connectivity index (χ1v) is 9.26. The van der Waals surface area contributed by atoms with Gasteiger partial charge >= 0.3 is 0 Å². The number of benzene rings is 1. The molecular formula is C19H30FN5O. The van der Waals surface area contributed by atoms with Gasteiger partial charge in [-0.05, 0) is 31.5 Å². The molecule has 2 rings (SSSR count). The first-order chi connectivity index (χ1) is 12.5. The molecule has 1 aliphatic rings. The van der Waals surface area contributed by atoms with Crippen molar-refractivity contribution < 1.29 is 9.18 Å². The summed E-state index contributed by atoms with van der Waals surface area (Å²) in [5.74, 6) is 0.822. The maximum Gasteiger partial charge on any atom is 0.219 e. The minimum absolute atomic E-state index is 0.131. The Morgan fingerprint density at radius 3 is 2.58 bits per heavy atom. The van der Waals surface area contributed by atoms with Crippen LogP contribution in [0, 0.1) is 5.82 Å². The number of carbonyl (C=O) groups excluding carboxylic acids is 1. The normalized spacial score (nSPS) is 15.2. The number of guanidine groups is 1. The second-order valence-corrected chi connectivity index (χ2v) is 6.48. The van der Waals surface area contributed by atoms with Crippen molar-refractivity contribution in [2.75, 3.05) is 57.8 Å². The highest BCUT2D eigenvalue weighted by atomic mass is 19.1. The van der Waals surface area contributed by atoms with Gasteiger partial charge in [0.05, 0.1) is 0 Å². The Labute approximate surface area is 155 Å². The van der Waals surface area contributed by atoms with E-state index < -0.39 is 0 Å². The van der Waals surface area contributed by atoms with Crippen LogP contribution < -0.4 is 10.2 Å². The van der Waals surface area contributed by atoms with Crippen LogP contribution in [0.4, 0.5) is 10.1 Å². The highest BCUT2D eigenvalue weighted by Gasteiger charge is 2.20. The summed E-state index contributed by atoms with van der Waals surface area (Å²) in [6.45, 7) is 9.07. The summed E-state index contributed by atoms with van der Waals surface area (Å²) in [5, 5.41) is 3.33. The van der Waals surface area contributed by atoms with Crippen molar-refractivity contribution in [2.45, 2.75) is 20.3 Å². The number of piperazine rings is 1. The fourth-order valence-electron chi connectivity index (χ4n) is 2.99. The number of nitrogens with zero attached hydrogens (tertiary/aromatic N) is 4. The molecule has 6 nitrogen and oxygen atoms in total. The number of rotatable bonds is 6. The molecule has 0 aliphatic carbocycles. The van der Waals surface area contributed by atoms with Gasteiger partial charge < -0.3 is 20.0 Å². The molecule has 1 N–H and O–H groups in total. The van der Waals surface area contributed by atoms with Gasteiger partial charge in [0.1, 0.15) is 5.82 Å². The quantitative estimate of drug-likeness (QED) is 0.476. The van der Waals surface area contributed by atoms with Crippen molar-refractivity contribution in [1.29, 1.82) is 0 Å². The maximum absolute atomic E-state index is 13.3. The second kappa shape index (κ2) is 9.99. The minimum Gasteiger partial charge on any atom is -0.374 e. The average molecular weight is 363 g/mol. The number of hydrogen-bond donors (Lipinski definition) is 1. The first kappa shape index (κ1) is 20.0. The second-order valence-electron chi connectivity index (χ2n) is 6.48. The molecule has 7 heteroatoms. The Bertz CT molecular complexity index is 614. The van der Waals surface area contributed by atoms with Gasteiger partial charge in [-0.15, -0.1) is 0 Å². The van der Waals surface area contributed by atoms with Gasteiger partial charge in [0.15, 0.2) is 5.96 Å². The molecule has 26 heavy (non-hydrogen) atoms. The van der Waals surface area contributed by atoms with E-state index in [9.17, 15) is 9.18 Å². The lowest BCUT2D eigenvalue weighted by Crippen LogP contribution is -2.53. The average Bonchev–Trinajstić information content (AvgIpc) is 2.64. The van der Waals surface area contributed by atoms with Crippen molar-refractivity contribution in [3.05, 3.63) is 30.1 Å². The number of amides is 1. The van der Waals surface area contributed by atoms with E-state index in [2.05, 4.69) is 17.1 Å². The molecule has 1 aliphatic heterocycles. The van der Waals surface area contributed by atoms with E-state index in [-0.39, 0.29) is 11.7 Å². The number of nitrogens with one attached hydrogen (secondary N) is 1. The lowest BCUT2D eigenvalue weighted by Gasteiger charge is -2.36. The predicted molar refractivity (Wildman–Crippen MR) is 104 cm³/mol. The molecule has 1 aromatic rings. The van der Waals surface area contributed by atoms with Crippen LogP contribution in [0.1, 0.15) is 20.3 Å². The van der Waals surface area contributed by atoms with Crippen LogP contribution in [-0.2, 0) is 4.79 Å². The van der Waals surface area contributed by atoms with Gasteiger partial charge in [-0.2, -0.15) is 0 Å². The third kappa shape index (κ3) is 5.89. The Hall–Kier alpha value is -2.31. The molecule has 1 aromatic carbocycles. The largest absolute Gasteiger partial charge is 0.374 e. The molecule has 0 atom stereocenters. The highest BCUT2D eigenvalue weighted by molar-refractivity contribution is 5.80. The Balaban J connectivity index is 1.82. The van der Waals surface area contributed by atoms with Gasteiger partial charge in [0, 0.05) is 65.5 Å². The number of hydrogen-bond acceptors (Lipinski definition) is 3. The minimum atomic E-state index is -0.216. The van der Waals surface area contributed by atoms with E-state index >= 15 is 0 Å². The van der Waals surface area contributed by atoms with Crippen LogP contribution in [-0.4, -0.2) is 74.5 Å². The molecule has 0 unspecified atom stereocenters.